The van der Waals surface area contributed by atoms with Crippen LogP contribution in [-0.2, 0) is 26.6 Å². The van der Waals surface area contributed by atoms with Crippen LogP contribution in [-0.4, -0.2) is 42.2 Å². The molecule has 0 spiro atoms. The van der Waals surface area contributed by atoms with Gasteiger partial charge in [-0.25, -0.2) is 18.6 Å². The summed E-state index contributed by atoms with van der Waals surface area (Å²) in [5.41, 5.74) is 2.46. The molecule has 9 nitrogen and oxygen atoms in total. The van der Waals surface area contributed by atoms with E-state index in [0.717, 1.165) is 22.8 Å². The van der Waals surface area contributed by atoms with Crippen molar-refractivity contribution in [3.8, 4) is 17.0 Å². The van der Waals surface area contributed by atoms with E-state index < -0.39 is 23.3 Å². The molecule has 0 radical (unpaired) electrons. The predicted octanol–water partition coefficient (Wildman–Crippen LogP) is 3.61. The molecule has 0 fully saturated rings. The number of fused-ring (bicyclic) bond motifs is 3. The van der Waals surface area contributed by atoms with Gasteiger partial charge in [-0.05, 0) is 31.0 Å². The summed E-state index contributed by atoms with van der Waals surface area (Å²) in [7, 11) is 1.87. The van der Waals surface area contributed by atoms with Crippen molar-refractivity contribution < 1.29 is 23.4 Å². The molecule has 1 amide bonds. The molecular formula is C24H21F2N5O4. The van der Waals surface area contributed by atoms with Crippen LogP contribution < -0.4 is 10.3 Å². The Balaban J connectivity index is 1.54. The SMILES string of the molecule is Cn1c2c(c3ccc(-c4c(OCc5ncc(F)cc5F)cc[nH]c4=O)nc31)CN(C(=O)O)CCC2. The molecule has 1 aliphatic rings. The first-order valence-electron chi connectivity index (χ1n) is 10.9. The number of hydrogen-bond acceptors (Lipinski definition) is 5. The Morgan fingerprint density at radius 3 is 2.89 bits per heavy atom. The second-order valence-electron chi connectivity index (χ2n) is 8.28. The van der Waals surface area contributed by atoms with Crippen LogP contribution >= 0.6 is 0 Å². The number of carbonyl (C=O) groups is 1. The van der Waals surface area contributed by atoms with Crippen LogP contribution in [0.15, 0.2) is 41.5 Å². The summed E-state index contributed by atoms with van der Waals surface area (Å²) in [6.07, 6.45) is 2.72. The number of pyridine rings is 3. The molecule has 1 aliphatic heterocycles. The minimum Gasteiger partial charge on any atom is -0.486 e. The van der Waals surface area contributed by atoms with E-state index in [1.807, 2.05) is 17.7 Å². The van der Waals surface area contributed by atoms with Gasteiger partial charge in [0.15, 0.2) is 5.82 Å². The predicted molar refractivity (Wildman–Crippen MR) is 122 cm³/mol. The van der Waals surface area contributed by atoms with Gasteiger partial charge in [-0.2, -0.15) is 0 Å². The van der Waals surface area contributed by atoms with E-state index in [2.05, 4.69) is 9.97 Å². The minimum atomic E-state index is -0.968. The van der Waals surface area contributed by atoms with Gasteiger partial charge in [0.05, 0.1) is 18.4 Å². The van der Waals surface area contributed by atoms with Gasteiger partial charge in [0.1, 0.15) is 35.1 Å². The molecule has 0 bridgehead atoms. The van der Waals surface area contributed by atoms with Crippen LogP contribution in [0.4, 0.5) is 13.6 Å². The van der Waals surface area contributed by atoms with Crippen molar-refractivity contribution in [2.24, 2.45) is 7.05 Å². The molecule has 0 unspecified atom stereocenters. The van der Waals surface area contributed by atoms with Crippen molar-refractivity contribution in [1.82, 2.24) is 24.4 Å². The van der Waals surface area contributed by atoms with Crippen LogP contribution in [0.2, 0.25) is 0 Å². The lowest BCUT2D eigenvalue weighted by molar-refractivity contribution is 0.143. The average molecular weight is 481 g/mol. The lowest BCUT2D eigenvalue weighted by Crippen LogP contribution is -2.28. The summed E-state index contributed by atoms with van der Waals surface area (Å²) >= 11 is 0. The molecule has 0 atom stereocenters. The third-order valence-electron chi connectivity index (χ3n) is 6.16. The maximum Gasteiger partial charge on any atom is 0.407 e. The highest BCUT2D eigenvalue weighted by molar-refractivity contribution is 5.85. The number of halogens is 2. The molecule has 0 aromatic carbocycles. The zero-order valence-electron chi connectivity index (χ0n) is 18.7. The van der Waals surface area contributed by atoms with E-state index in [1.165, 1.54) is 17.2 Å². The number of H-pyrrole nitrogens is 1. The lowest BCUT2D eigenvalue weighted by Gasteiger charge is -2.16. The van der Waals surface area contributed by atoms with E-state index in [4.69, 9.17) is 9.72 Å². The van der Waals surface area contributed by atoms with Crippen LogP contribution in [0.5, 0.6) is 5.75 Å². The van der Waals surface area contributed by atoms with E-state index in [-0.39, 0.29) is 30.2 Å². The fraction of sp³-hybridized carbons (Fsp3) is 0.250. The number of nitrogens with zero attached hydrogens (tertiary/aromatic N) is 4. The maximum absolute atomic E-state index is 14.0. The number of hydrogen-bond donors (Lipinski definition) is 2. The first-order chi connectivity index (χ1) is 16.8. The number of aromatic nitrogens is 4. The molecule has 5 heterocycles. The summed E-state index contributed by atoms with van der Waals surface area (Å²) in [5, 5.41) is 10.3. The molecule has 4 aromatic rings. The fourth-order valence-corrected chi connectivity index (χ4v) is 4.45. The number of ether oxygens (including phenoxy) is 1. The molecule has 0 saturated heterocycles. The van der Waals surface area contributed by atoms with Crippen LogP contribution in [0.3, 0.4) is 0 Å². The van der Waals surface area contributed by atoms with Crippen molar-refractivity contribution in [2.45, 2.75) is 26.0 Å². The largest absolute Gasteiger partial charge is 0.486 e. The fourth-order valence-electron chi connectivity index (χ4n) is 4.45. The number of aromatic amines is 1. The number of carboxylic acid groups (broad SMARTS) is 1. The first kappa shape index (κ1) is 22.5. The lowest BCUT2D eigenvalue weighted by atomic mass is 10.1. The van der Waals surface area contributed by atoms with Crippen LogP contribution in [0, 0.1) is 11.6 Å². The Kier molecular flexibility index (Phi) is 5.67. The van der Waals surface area contributed by atoms with Gasteiger partial charge in [-0.15, -0.1) is 0 Å². The zero-order chi connectivity index (χ0) is 24.7. The summed E-state index contributed by atoms with van der Waals surface area (Å²) < 4.78 is 34.8. The van der Waals surface area contributed by atoms with Crippen LogP contribution in [0.25, 0.3) is 22.3 Å². The molecule has 2 N–H and O–H groups in total. The molecule has 4 aromatic heterocycles. The van der Waals surface area contributed by atoms with E-state index >= 15 is 0 Å². The molecule has 5 rings (SSSR count). The van der Waals surface area contributed by atoms with E-state index in [1.54, 1.807) is 6.07 Å². The third-order valence-corrected chi connectivity index (χ3v) is 6.16. The summed E-state index contributed by atoms with van der Waals surface area (Å²) in [5.74, 6) is -1.48. The quantitative estimate of drug-likeness (QED) is 0.461. The molecular weight excluding hydrogens is 460 g/mol. The Morgan fingerprint density at radius 2 is 2.11 bits per heavy atom. The van der Waals surface area contributed by atoms with E-state index in [9.17, 15) is 23.5 Å². The van der Waals surface area contributed by atoms with Crippen molar-refractivity contribution in [2.75, 3.05) is 6.54 Å². The smallest absolute Gasteiger partial charge is 0.407 e. The van der Waals surface area contributed by atoms with Gasteiger partial charge in [0, 0.05) is 42.5 Å². The number of amides is 1. The molecule has 11 heteroatoms. The van der Waals surface area contributed by atoms with Gasteiger partial charge in [-0.3, -0.25) is 9.78 Å². The highest BCUT2D eigenvalue weighted by Gasteiger charge is 2.25. The summed E-state index contributed by atoms with van der Waals surface area (Å²) in [4.78, 5) is 36.7. The molecule has 180 valence electrons. The monoisotopic (exact) mass is 481 g/mol. The molecule has 0 aliphatic carbocycles. The van der Waals surface area contributed by atoms with Crippen molar-refractivity contribution in [3.63, 3.8) is 0 Å². The third kappa shape index (κ3) is 4.09. The normalized spacial score (nSPS) is 13.5. The Hall–Kier alpha value is -4.28. The molecule has 0 saturated carbocycles. The van der Waals surface area contributed by atoms with Crippen LogP contribution in [0.1, 0.15) is 23.4 Å². The minimum absolute atomic E-state index is 0.102. The van der Waals surface area contributed by atoms with Crippen molar-refractivity contribution in [1.29, 1.82) is 0 Å². The average Bonchev–Trinajstić information content (AvgIpc) is 2.97. The van der Waals surface area contributed by atoms with Gasteiger partial charge in [0.25, 0.3) is 5.56 Å². The second-order valence-corrected chi connectivity index (χ2v) is 8.28. The second kappa shape index (κ2) is 8.82. The van der Waals surface area contributed by atoms with E-state index in [0.29, 0.717) is 36.8 Å². The highest BCUT2D eigenvalue weighted by atomic mass is 19.1. The topological polar surface area (TPSA) is 113 Å². The Bertz CT molecular complexity index is 1510. The standard InChI is InChI=1S/C24H21F2N5O4/c1-30-19-3-2-8-31(24(33)34)11-15(19)14-4-5-17(29-22(14)30)21-20(6-7-27-23(21)32)35-12-18-16(26)9-13(25)10-28-18/h4-7,9-10H,2-3,8,11-12H2,1H3,(H,27,32)(H,33,34). The highest BCUT2D eigenvalue weighted by Crippen LogP contribution is 2.32. The van der Waals surface area contributed by atoms with Crippen molar-refractivity contribution >= 4 is 17.1 Å². The molecule has 35 heavy (non-hydrogen) atoms. The van der Waals surface area contributed by atoms with Gasteiger partial charge in [0.2, 0.25) is 0 Å². The van der Waals surface area contributed by atoms with Gasteiger partial charge >= 0.3 is 6.09 Å². The van der Waals surface area contributed by atoms with Gasteiger partial charge < -0.3 is 24.3 Å². The number of nitrogens with one attached hydrogen (secondary N) is 1. The number of rotatable bonds is 4. The zero-order valence-corrected chi connectivity index (χ0v) is 18.7. The summed E-state index contributed by atoms with van der Waals surface area (Å²) in [6, 6.07) is 5.73. The first-order valence-corrected chi connectivity index (χ1v) is 10.9. The summed E-state index contributed by atoms with van der Waals surface area (Å²) in [6.45, 7) is 0.411. The van der Waals surface area contributed by atoms with Crippen molar-refractivity contribution in [3.05, 3.63) is 75.6 Å². The van der Waals surface area contributed by atoms with Gasteiger partial charge in [-0.1, -0.05) is 0 Å². The maximum atomic E-state index is 14.0. The Morgan fingerprint density at radius 1 is 1.29 bits per heavy atom. The number of aryl methyl sites for hydroxylation is 1. The Labute approximate surface area is 197 Å².